The molecule has 1 aliphatic carbocycles. The number of hydrogen-bond donors (Lipinski definition) is 2. The fourth-order valence-corrected chi connectivity index (χ4v) is 3.89. The molecule has 0 radical (unpaired) electrons. The molecular formula is C21H31N3O3. The quantitative estimate of drug-likeness (QED) is 0.804. The molecule has 2 aliphatic rings. The van der Waals surface area contributed by atoms with E-state index >= 15 is 0 Å². The summed E-state index contributed by atoms with van der Waals surface area (Å²) in [6, 6.07) is 9.72. The Morgan fingerprint density at radius 1 is 1.11 bits per heavy atom. The van der Waals surface area contributed by atoms with Crippen molar-refractivity contribution in [3.63, 3.8) is 0 Å². The highest BCUT2D eigenvalue weighted by Crippen LogP contribution is 2.18. The molecule has 1 aliphatic heterocycles. The van der Waals surface area contributed by atoms with E-state index in [1.165, 1.54) is 5.56 Å². The van der Waals surface area contributed by atoms with Gasteiger partial charge in [0.2, 0.25) is 5.91 Å². The van der Waals surface area contributed by atoms with Crippen LogP contribution in [-0.2, 0) is 16.1 Å². The fourth-order valence-electron chi connectivity index (χ4n) is 3.89. The number of amides is 3. The van der Waals surface area contributed by atoms with Crippen LogP contribution in [0.5, 0.6) is 0 Å². The monoisotopic (exact) mass is 373 g/mol. The van der Waals surface area contributed by atoms with Crippen molar-refractivity contribution >= 4 is 11.9 Å². The van der Waals surface area contributed by atoms with Crippen LogP contribution < -0.4 is 10.6 Å². The molecule has 1 saturated heterocycles. The lowest BCUT2D eigenvalue weighted by molar-refractivity contribution is -0.126. The summed E-state index contributed by atoms with van der Waals surface area (Å²) in [4.78, 5) is 26.5. The summed E-state index contributed by atoms with van der Waals surface area (Å²) in [6.45, 7) is 4.10. The Bertz CT molecular complexity index is 608. The normalized spacial score (nSPS) is 20.3. The Morgan fingerprint density at radius 2 is 1.78 bits per heavy atom. The first kappa shape index (κ1) is 19.8. The SMILES string of the molecule is CC(C(=O)NC(=O)NC1CCCC1)N1CCC(OCc2ccccc2)CC1. The van der Waals surface area contributed by atoms with E-state index in [2.05, 4.69) is 27.7 Å². The largest absolute Gasteiger partial charge is 0.373 e. The van der Waals surface area contributed by atoms with Gasteiger partial charge in [0.1, 0.15) is 0 Å². The zero-order valence-electron chi connectivity index (χ0n) is 16.2. The van der Waals surface area contributed by atoms with Crippen LogP contribution in [0.2, 0.25) is 0 Å². The number of carbonyl (C=O) groups is 2. The van der Waals surface area contributed by atoms with Crippen LogP contribution >= 0.6 is 0 Å². The van der Waals surface area contributed by atoms with Crippen molar-refractivity contribution in [3.8, 4) is 0 Å². The number of piperidine rings is 1. The van der Waals surface area contributed by atoms with Gasteiger partial charge in [-0.15, -0.1) is 0 Å². The minimum Gasteiger partial charge on any atom is -0.373 e. The molecule has 3 amide bonds. The van der Waals surface area contributed by atoms with E-state index in [1.807, 2.05) is 25.1 Å². The number of hydrogen-bond acceptors (Lipinski definition) is 4. The molecule has 6 heteroatoms. The van der Waals surface area contributed by atoms with Gasteiger partial charge >= 0.3 is 6.03 Å². The van der Waals surface area contributed by atoms with Gasteiger partial charge in [-0.2, -0.15) is 0 Å². The number of imide groups is 1. The second kappa shape index (κ2) is 9.85. The molecule has 1 aromatic carbocycles. The second-order valence-electron chi connectivity index (χ2n) is 7.65. The molecule has 0 aromatic heterocycles. The highest BCUT2D eigenvalue weighted by atomic mass is 16.5. The highest BCUT2D eigenvalue weighted by molar-refractivity contribution is 5.96. The second-order valence-corrected chi connectivity index (χ2v) is 7.65. The van der Waals surface area contributed by atoms with Gasteiger partial charge < -0.3 is 10.1 Å². The minimum atomic E-state index is -0.361. The summed E-state index contributed by atoms with van der Waals surface area (Å²) in [6.07, 6.45) is 6.34. The molecular weight excluding hydrogens is 342 g/mol. The van der Waals surface area contributed by atoms with Gasteiger partial charge in [0.25, 0.3) is 0 Å². The summed E-state index contributed by atoms with van der Waals surface area (Å²) in [5.41, 5.74) is 1.18. The van der Waals surface area contributed by atoms with Crippen LogP contribution in [-0.4, -0.2) is 48.1 Å². The Morgan fingerprint density at radius 3 is 2.44 bits per heavy atom. The fraction of sp³-hybridized carbons (Fsp3) is 0.619. The first-order valence-corrected chi connectivity index (χ1v) is 10.1. The van der Waals surface area contributed by atoms with Gasteiger partial charge in [0, 0.05) is 19.1 Å². The third-order valence-electron chi connectivity index (χ3n) is 5.66. The number of benzene rings is 1. The van der Waals surface area contributed by atoms with E-state index in [0.717, 1.165) is 51.6 Å². The predicted molar refractivity (Wildman–Crippen MR) is 104 cm³/mol. The van der Waals surface area contributed by atoms with E-state index in [0.29, 0.717) is 6.61 Å². The predicted octanol–water partition coefficient (Wildman–Crippen LogP) is 2.82. The summed E-state index contributed by atoms with van der Waals surface area (Å²) in [7, 11) is 0. The van der Waals surface area contributed by atoms with E-state index in [9.17, 15) is 9.59 Å². The van der Waals surface area contributed by atoms with Crippen LogP contribution in [0, 0.1) is 0 Å². The lowest BCUT2D eigenvalue weighted by atomic mass is 10.1. The van der Waals surface area contributed by atoms with Crippen LogP contribution in [0.4, 0.5) is 4.79 Å². The van der Waals surface area contributed by atoms with Crippen LogP contribution in [0.3, 0.4) is 0 Å². The number of ether oxygens (including phenoxy) is 1. The number of urea groups is 1. The van der Waals surface area contributed by atoms with Gasteiger partial charge in [-0.1, -0.05) is 43.2 Å². The van der Waals surface area contributed by atoms with Gasteiger partial charge in [0.15, 0.2) is 0 Å². The molecule has 6 nitrogen and oxygen atoms in total. The van der Waals surface area contributed by atoms with Crippen molar-refractivity contribution < 1.29 is 14.3 Å². The van der Waals surface area contributed by atoms with Gasteiger partial charge in [-0.25, -0.2) is 4.79 Å². The maximum atomic E-state index is 12.4. The Kier molecular flexibility index (Phi) is 7.24. The molecule has 3 rings (SSSR count). The lowest BCUT2D eigenvalue weighted by Crippen LogP contribution is -2.53. The molecule has 1 heterocycles. The molecule has 2 fully saturated rings. The molecule has 1 unspecified atom stereocenters. The maximum Gasteiger partial charge on any atom is 0.321 e. The average Bonchev–Trinajstić information content (AvgIpc) is 3.20. The van der Waals surface area contributed by atoms with Crippen molar-refractivity contribution in [1.82, 2.24) is 15.5 Å². The van der Waals surface area contributed by atoms with Crippen molar-refractivity contribution in [2.24, 2.45) is 0 Å². The van der Waals surface area contributed by atoms with E-state index in [1.54, 1.807) is 0 Å². The summed E-state index contributed by atoms with van der Waals surface area (Å²) < 4.78 is 6.01. The molecule has 27 heavy (non-hydrogen) atoms. The standard InChI is InChI=1S/C21H31N3O3/c1-16(20(25)23-21(26)22-18-9-5-6-10-18)24-13-11-19(12-14-24)27-15-17-7-3-2-4-8-17/h2-4,7-8,16,18-19H,5-6,9-15H2,1H3,(H2,22,23,25,26). The van der Waals surface area contributed by atoms with E-state index < -0.39 is 0 Å². The van der Waals surface area contributed by atoms with E-state index in [4.69, 9.17) is 4.74 Å². The van der Waals surface area contributed by atoms with Gasteiger partial charge in [-0.05, 0) is 38.2 Å². The summed E-state index contributed by atoms with van der Waals surface area (Å²) in [5.74, 6) is -0.228. The van der Waals surface area contributed by atoms with Crippen LogP contribution in [0.1, 0.15) is 51.0 Å². The smallest absolute Gasteiger partial charge is 0.321 e. The molecule has 0 spiro atoms. The van der Waals surface area contributed by atoms with Crippen LogP contribution in [0.15, 0.2) is 30.3 Å². The first-order chi connectivity index (χ1) is 13.1. The third kappa shape index (κ3) is 6.04. The van der Waals surface area contributed by atoms with Crippen LogP contribution in [0.25, 0.3) is 0 Å². The van der Waals surface area contributed by atoms with Gasteiger partial charge in [0.05, 0.1) is 18.8 Å². The Hall–Kier alpha value is -1.92. The highest BCUT2D eigenvalue weighted by Gasteiger charge is 2.28. The van der Waals surface area contributed by atoms with Gasteiger partial charge in [-0.3, -0.25) is 15.0 Å². The number of nitrogens with one attached hydrogen (secondary N) is 2. The molecule has 0 bridgehead atoms. The maximum absolute atomic E-state index is 12.4. The third-order valence-corrected chi connectivity index (χ3v) is 5.66. The number of rotatable bonds is 6. The van der Waals surface area contributed by atoms with E-state index in [-0.39, 0.29) is 30.1 Å². The minimum absolute atomic E-state index is 0.214. The molecule has 1 atom stereocenters. The zero-order valence-corrected chi connectivity index (χ0v) is 16.2. The molecule has 1 aromatic rings. The van der Waals surface area contributed by atoms with Crippen molar-refractivity contribution in [3.05, 3.63) is 35.9 Å². The molecule has 2 N–H and O–H groups in total. The zero-order chi connectivity index (χ0) is 19.1. The van der Waals surface area contributed by atoms with Crippen molar-refractivity contribution in [1.29, 1.82) is 0 Å². The number of likely N-dealkylation sites (tertiary alicyclic amines) is 1. The molecule has 1 saturated carbocycles. The number of carbonyl (C=O) groups excluding carboxylic acids is 2. The molecule has 148 valence electrons. The van der Waals surface area contributed by atoms with Crippen molar-refractivity contribution in [2.75, 3.05) is 13.1 Å². The van der Waals surface area contributed by atoms with Crippen molar-refractivity contribution in [2.45, 2.75) is 70.2 Å². The topological polar surface area (TPSA) is 70.7 Å². The average molecular weight is 373 g/mol. The Balaban J connectivity index is 1.36. The summed E-state index contributed by atoms with van der Waals surface area (Å²) >= 11 is 0. The number of nitrogens with zero attached hydrogens (tertiary/aromatic N) is 1. The summed E-state index contributed by atoms with van der Waals surface area (Å²) in [5, 5.41) is 5.40. The first-order valence-electron chi connectivity index (χ1n) is 10.1. The Labute approximate surface area is 161 Å². The lowest BCUT2D eigenvalue weighted by Gasteiger charge is -2.35.